The van der Waals surface area contributed by atoms with Gasteiger partial charge in [0.25, 0.3) is 0 Å². The topological polar surface area (TPSA) is 78.4 Å². The fourth-order valence-electron chi connectivity index (χ4n) is 0.903. The molecule has 0 saturated heterocycles. The second-order valence-electron chi connectivity index (χ2n) is 3.68. The van der Waals surface area contributed by atoms with E-state index >= 15 is 0 Å². The lowest BCUT2D eigenvalue weighted by Crippen LogP contribution is -2.44. The van der Waals surface area contributed by atoms with Gasteiger partial charge in [-0.15, -0.1) is 5.92 Å². The van der Waals surface area contributed by atoms with Crippen LogP contribution in [-0.2, 0) is 4.79 Å². The number of rotatable bonds is 5. The minimum absolute atomic E-state index is 0.101. The molecule has 2 amide bonds. The molecule has 0 aliphatic heterocycles. The number of aliphatic carboxylic acids is 1. The molecule has 1 atom stereocenters. The van der Waals surface area contributed by atoms with E-state index in [1.165, 1.54) is 0 Å². The second-order valence-corrected chi connectivity index (χ2v) is 3.68. The predicted molar refractivity (Wildman–Crippen MR) is 60.9 cm³/mol. The molecule has 0 aliphatic rings. The van der Waals surface area contributed by atoms with Crippen molar-refractivity contribution in [1.29, 1.82) is 0 Å². The van der Waals surface area contributed by atoms with Gasteiger partial charge >= 0.3 is 12.0 Å². The lowest BCUT2D eigenvalue weighted by atomic mass is 9.88. The summed E-state index contributed by atoms with van der Waals surface area (Å²) in [7, 11) is 0. The third-order valence-corrected chi connectivity index (χ3v) is 2.45. The van der Waals surface area contributed by atoms with Gasteiger partial charge in [-0.2, -0.15) is 0 Å². The second kappa shape index (κ2) is 6.72. The van der Waals surface area contributed by atoms with E-state index in [-0.39, 0.29) is 13.1 Å². The Morgan fingerprint density at radius 3 is 2.44 bits per heavy atom. The monoisotopic (exact) mass is 226 g/mol. The third-order valence-electron chi connectivity index (χ3n) is 2.45. The van der Waals surface area contributed by atoms with E-state index in [9.17, 15) is 9.59 Å². The van der Waals surface area contributed by atoms with E-state index in [4.69, 9.17) is 5.11 Å². The Morgan fingerprint density at radius 2 is 2.00 bits per heavy atom. The molecule has 0 aromatic rings. The summed E-state index contributed by atoms with van der Waals surface area (Å²) < 4.78 is 0. The van der Waals surface area contributed by atoms with E-state index in [1.807, 2.05) is 0 Å². The van der Waals surface area contributed by atoms with Gasteiger partial charge < -0.3 is 15.7 Å². The molecule has 90 valence electrons. The lowest BCUT2D eigenvalue weighted by Gasteiger charge is -2.23. The van der Waals surface area contributed by atoms with Gasteiger partial charge in [-0.05, 0) is 20.3 Å². The fraction of sp³-hybridized carbons (Fsp3) is 0.636. The maximum atomic E-state index is 11.2. The lowest BCUT2D eigenvalue weighted by molar-refractivity contribution is -0.147. The molecule has 0 saturated carbocycles. The van der Waals surface area contributed by atoms with Gasteiger partial charge in [0.05, 0.1) is 12.0 Å². The van der Waals surface area contributed by atoms with Crippen LogP contribution in [0.3, 0.4) is 0 Å². The summed E-state index contributed by atoms with van der Waals surface area (Å²) in [4.78, 5) is 22.2. The van der Waals surface area contributed by atoms with E-state index < -0.39 is 17.4 Å². The van der Waals surface area contributed by atoms with Crippen molar-refractivity contribution in [1.82, 2.24) is 10.6 Å². The third kappa shape index (κ3) is 4.69. The van der Waals surface area contributed by atoms with Crippen LogP contribution >= 0.6 is 0 Å². The Balaban J connectivity index is 4.06. The summed E-state index contributed by atoms with van der Waals surface area (Å²) in [5.74, 6) is 4.40. The average Bonchev–Trinajstić information content (AvgIpc) is 2.26. The van der Waals surface area contributed by atoms with Crippen molar-refractivity contribution >= 4 is 12.0 Å². The normalized spacial score (nSPS) is 12.9. The van der Waals surface area contributed by atoms with Gasteiger partial charge in [-0.1, -0.05) is 12.8 Å². The number of nitrogens with one attached hydrogen (secondary N) is 2. The van der Waals surface area contributed by atoms with Crippen molar-refractivity contribution < 1.29 is 14.7 Å². The molecule has 0 heterocycles. The van der Waals surface area contributed by atoms with Gasteiger partial charge in [0.15, 0.2) is 0 Å². The molecule has 5 heteroatoms. The van der Waals surface area contributed by atoms with Crippen LogP contribution in [0.2, 0.25) is 0 Å². The molecule has 1 unspecified atom stereocenters. The Hall–Kier alpha value is -1.70. The van der Waals surface area contributed by atoms with Crippen LogP contribution in [0.1, 0.15) is 27.2 Å². The van der Waals surface area contributed by atoms with Crippen LogP contribution < -0.4 is 10.6 Å². The molecule has 0 rings (SSSR count). The summed E-state index contributed by atoms with van der Waals surface area (Å²) in [6.45, 7) is 5.42. The van der Waals surface area contributed by atoms with Crippen molar-refractivity contribution in [3.63, 3.8) is 0 Å². The zero-order chi connectivity index (χ0) is 12.6. The molecule has 3 N–H and O–H groups in total. The van der Waals surface area contributed by atoms with Crippen molar-refractivity contribution in [2.75, 3.05) is 13.1 Å². The first kappa shape index (κ1) is 14.3. The zero-order valence-corrected chi connectivity index (χ0v) is 9.89. The van der Waals surface area contributed by atoms with E-state index in [2.05, 4.69) is 22.5 Å². The maximum Gasteiger partial charge on any atom is 0.315 e. The van der Waals surface area contributed by atoms with Gasteiger partial charge in [0.2, 0.25) is 0 Å². The first-order valence-corrected chi connectivity index (χ1v) is 5.11. The van der Waals surface area contributed by atoms with Crippen LogP contribution in [0.5, 0.6) is 0 Å². The SMILES string of the molecule is CC#CCNC(=O)NCC(C)(CC)C(=O)O. The van der Waals surface area contributed by atoms with E-state index in [0.29, 0.717) is 6.42 Å². The van der Waals surface area contributed by atoms with Gasteiger partial charge in [0, 0.05) is 6.54 Å². The number of urea groups is 1. The zero-order valence-electron chi connectivity index (χ0n) is 9.89. The molecular formula is C11H18N2O3. The van der Waals surface area contributed by atoms with Crippen LogP contribution in [0.25, 0.3) is 0 Å². The Labute approximate surface area is 95.6 Å². The van der Waals surface area contributed by atoms with Gasteiger partial charge in [0.1, 0.15) is 0 Å². The Kier molecular flexibility index (Phi) is 6.01. The number of hydrogen-bond donors (Lipinski definition) is 3. The Bertz CT molecular complexity index is 317. The smallest absolute Gasteiger partial charge is 0.315 e. The molecule has 16 heavy (non-hydrogen) atoms. The minimum atomic E-state index is -0.923. The van der Waals surface area contributed by atoms with Crippen molar-refractivity contribution in [3.05, 3.63) is 0 Å². The van der Waals surface area contributed by atoms with Gasteiger partial charge in [-0.3, -0.25) is 4.79 Å². The quantitative estimate of drug-likeness (QED) is 0.607. The minimum Gasteiger partial charge on any atom is -0.481 e. The number of carbonyl (C=O) groups excluding carboxylic acids is 1. The van der Waals surface area contributed by atoms with Crippen molar-refractivity contribution in [2.45, 2.75) is 27.2 Å². The highest BCUT2D eigenvalue weighted by atomic mass is 16.4. The van der Waals surface area contributed by atoms with Crippen LogP contribution in [0.4, 0.5) is 4.79 Å². The summed E-state index contributed by atoms with van der Waals surface area (Å²) in [6, 6.07) is -0.399. The summed E-state index contributed by atoms with van der Waals surface area (Å²) >= 11 is 0. The molecule has 0 aromatic carbocycles. The number of carboxylic acids is 1. The number of hydrogen-bond acceptors (Lipinski definition) is 2. The summed E-state index contributed by atoms with van der Waals surface area (Å²) in [6.07, 6.45) is 0.456. The van der Waals surface area contributed by atoms with Crippen LogP contribution in [0.15, 0.2) is 0 Å². The largest absolute Gasteiger partial charge is 0.481 e. The molecule has 0 aromatic heterocycles. The molecule has 5 nitrogen and oxygen atoms in total. The van der Waals surface area contributed by atoms with E-state index in [0.717, 1.165) is 0 Å². The van der Waals surface area contributed by atoms with E-state index in [1.54, 1.807) is 20.8 Å². The Morgan fingerprint density at radius 1 is 1.38 bits per heavy atom. The highest BCUT2D eigenvalue weighted by molar-refractivity contribution is 5.77. The first-order chi connectivity index (χ1) is 7.46. The number of carbonyl (C=O) groups is 2. The highest BCUT2D eigenvalue weighted by Gasteiger charge is 2.31. The summed E-state index contributed by atoms with van der Waals surface area (Å²) in [5.41, 5.74) is -0.923. The standard InChI is InChI=1S/C11H18N2O3/c1-4-6-7-12-10(16)13-8-11(3,5-2)9(14)15/h5,7-8H2,1-3H3,(H,14,15)(H2,12,13,16). The maximum absolute atomic E-state index is 11.2. The summed E-state index contributed by atoms with van der Waals surface area (Å²) in [5, 5.41) is 14.0. The molecular weight excluding hydrogens is 208 g/mol. The van der Waals surface area contributed by atoms with Crippen LogP contribution in [0, 0.1) is 17.3 Å². The van der Waals surface area contributed by atoms with Gasteiger partial charge in [-0.25, -0.2) is 4.79 Å². The highest BCUT2D eigenvalue weighted by Crippen LogP contribution is 2.19. The fourth-order valence-corrected chi connectivity index (χ4v) is 0.903. The molecule has 0 radical (unpaired) electrons. The van der Waals surface area contributed by atoms with Crippen LogP contribution in [-0.4, -0.2) is 30.2 Å². The van der Waals surface area contributed by atoms with Crippen molar-refractivity contribution in [3.8, 4) is 11.8 Å². The average molecular weight is 226 g/mol. The molecule has 0 bridgehead atoms. The predicted octanol–water partition coefficient (Wildman–Crippen LogP) is 0.810. The molecule has 0 spiro atoms. The first-order valence-electron chi connectivity index (χ1n) is 5.11. The number of amides is 2. The van der Waals surface area contributed by atoms with Crippen molar-refractivity contribution in [2.24, 2.45) is 5.41 Å². The number of carboxylic acid groups (broad SMARTS) is 1. The molecule has 0 aliphatic carbocycles. The molecule has 0 fully saturated rings.